The first-order valence-electron chi connectivity index (χ1n) is 6.85. The summed E-state index contributed by atoms with van der Waals surface area (Å²) in [6, 6.07) is 4.89. The first-order valence-corrected chi connectivity index (χ1v) is 7.22. The number of para-hydroxylation sites is 1. The van der Waals surface area contributed by atoms with Gasteiger partial charge >= 0.3 is 0 Å². The minimum absolute atomic E-state index is 0.186. The normalized spacial score (nSPS) is 10.9. The van der Waals surface area contributed by atoms with Crippen molar-refractivity contribution in [2.45, 2.75) is 33.5 Å². The number of hydrogen-bond acceptors (Lipinski definition) is 3. The second kappa shape index (κ2) is 6.91. The number of benzene rings is 1. The summed E-state index contributed by atoms with van der Waals surface area (Å²) in [6.07, 6.45) is 0. The molecule has 2 aromatic rings. The number of ether oxygens (including phenoxy) is 1. The van der Waals surface area contributed by atoms with Crippen LogP contribution in [0.15, 0.2) is 18.2 Å². The summed E-state index contributed by atoms with van der Waals surface area (Å²) in [5.41, 5.74) is 2.28. The molecule has 1 aromatic carbocycles. The van der Waals surface area contributed by atoms with E-state index in [0.717, 1.165) is 17.0 Å². The Morgan fingerprint density at radius 2 is 2.19 bits per heavy atom. The molecule has 0 aliphatic heterocycles. The van der Waals surface area contributed by atoms with Gasteiger partial charge in [0.05, 0.1) is 16.4 Å². The molecular formula is C15H19ClFN3O. The smallest absolute Gasteiger partial charge is 0.165 e. The van der Waals surface area contributed by atoms with Gasteiger partial charge in [0.25, 0.3) is 0 Å². The van der Waals surface area contributed by atoms with Crippen LogP contribution in [0.3, 0.4) is 0 Å². The summed E-state index contributed by atoms with van der Waals surface area (Å²) in [5, 5.41) is 7.89. The van der Waals surface area contributed by atoms with Crippen molar-refractivity contribution in [3.8, 4) is 5.75 Å². The molecule has 21 heavy (non-hydrogen) atoms. The molecule has 0 fully saturated rings. The molecule has 0 atom stereocenters. The first-order chi connectivity index (χ1) is 10.1. The van der Waals surface area contributed by atoms with E-state index in [-0.39, 0.29) is 18.2 Å². The lowest BCUT2D eigenvalue weighted by atomic mass is 10.2. The van der Waals surface area contributed by atoms with Gasteiger partial charge in [0.15, 0.2) is 11.6 Å². The van der Waals surface area contributed by atoms with Gasteiger partial charge in [-0.25, -0.2) is 4.39 Å². The Kier molecular flexibility index (Phi) is 5.20. The van der Waals surface area contributed by atoms with Crippen LogP contribution >= 0.6 is 11.6 Å². The van der Waals surface area contributed by atoms with E-state index in [9.17, 15) is 4.39 Å². The first kappa shape index (κ1) is 15.8. The quantitative estimate of drug-likeness (QED) is 0.889. The number of hydrogen-bond donors (Lipinski definition) is 1. The minimum atomic E-state index is -0.377. The maximum absolute atomic E-state index is 14.0. The van der Waals surface area contributed by atoms with E-state index in [1.807, 2.05) is 19.9 Å². The van der Waals surface area contributed by atoms with Gasteiger partial charge in [-0.15, -0.1) is 0 Å². The molecule has 0 unspecified atom stereocenters. The lowest BCUT2D eigenvalue weighted by Crippen LogP contribution is -2.11. The van der Waals surface area contributed by atoms with Gasteiger partial charge in [-0.2, -0.15) is 5.10 Å². The van der Waals surface area contributed by atoms with Crippen LogP contribution < -0.4 is 10.1 Å². The molecule has 0 aliphatic carbocycles. The molecular weight excluding hydrogens is 293 g/mol. The van der Waals surface area contributed by atoms with Gasteiger partial charge in [0.2, 0.25) is 0 Å². The molecule has 1 aromatic heterocycles. The lowest BCUT2D eigenvalue weighted by molar-refractivity contribution is 0.274. The Morgan fingerprint density at radius 1 is 1.43 bits per heavy atom. The van der Waals surface area contributed by atoms with Crippen LogP contribution in [0.4, 0.5) is 4.39 Å². The van der Waals surface area contributed by atoms with Crippen molar-refractivity contribution >= 4 is 11.6 Å². The van der Waals surface area contributed by atoms with E-state index in [2.05, 4.69) is 10.4 Å². The molecule has 6 heteroatoms. The molecule has 0 saturated heterocycles. The average molecular weight is 312 g/mol. The summed E-state index contributed by atoms with van der Waals surface area (Å²) in [7, 11) is 1.81. The van der Waals surface area contributed by atoms with Gasteiger partial charge in [-0.3, -0.25) is 4.68 Å². The maximum atomic E-state index is 14.0. The zero-order valence-electron chi connectivity index (χ0n) is 12.4. The number of aryl methyl sites for hydroxylation is 2. The molecule has 0 amide bonds. The zero-order chi connectivity index (χ0) is 15.4. The van der Waals surface area contributed by atoms with Crippen LogP contribution in [0, 0.1) is 12.7 Å². The molecule has 0 saturated carbocycles. The van der Waals surface area contributed by atoms with E-state index in [1.165, 1.54) is 6.07 Å². The van der Waals surface area contributed by atoms with Crippen molar-refractivity contribution in [2.24, 2.45) is 0 Å². The monoisotopic (exact) mass is 311 g/mol. The van der Waals surface area contributed by atoms with E-state index in [0.29, 0.717) is 18.1 Å². The van der Waals surface area contributed by atoms with E-state index in [1.54, 1.807) is 17.8 Å². The molecule has 0 radical (unpaired) electrons. The number of aromatic nitrogens is 2. The summed E-state index contributed by atoms with van der Waals surface area (Å²) in [4.78, 5) is 0. The third kappa shape index (κ3) is 3.36. The fourth-order valence-electron chi connectivity index (χ4n) is 2.19. The van der Waals surface area contributed by atoms with E-state index >= 15 is 0 Å². The van der Waals surface area contributed by atoms with Crippen molar-refractivity contribution in [1.82, 2.24) is 15.1 Å². The molecule has 1 N–H and O–H groups in total. The van der Waals surface area contributed by atoms with Crippen LogP contribution in [-0.2, 0) is 19.7 Å². The van der Waals surface area contributed by atoms with Crippen molar-refractivity contribution < 1.29 is 9.13 Å². The standard InChI is InChI=1S/C15H19ClFN3O/c1-4-20-13(14(16)10(2)19-20)9-21-15-11(8-18-3)6-5-7-12(15)17/h5-7,18H,4,8-9H2,1-3H3. The third-order valence-electron chi connectivity index (χ3n) is 3.22. The fourth-order valence-corrected chi connectivity index (χ4v) is 2.38. The topological polar surface area (TPSA) is 39.1 Å². The Morgan fingerprint density at radius 3 is 2.86 bits per heavy atom. The van der Waals surface area contributed by atoms with Gasteiger partial charge in [0, 0.05) is 18.7 Å². The summed E-state index contributed by atoms with van der Waals surface area (Å²) in [6.45, 7) is 5.22. The van der Waals surface area contributed by atoms with Gasteiger partial charge in [-0.05, 0) is 27.0 Å². The van der Waals surface area contributed by atoms with Crippen molar-refractivity contribution in [3.05, 3.63) is 46.0 Å². The van der Waals surface area contributed by atoms with Gasteiger partial charge < -0.3 is 10.1 Å². The highest BCUT2D eigenvalue weighted by atomic mass is 35.5. The number of nitrogens with one attached hydrogen (secondary N) is 1. The Hall–Kier alpha value is -1.59. The fraction of sp³-hybridized carbons (Fsp3) is 0.400. The second-order valence-electron chi connectivity index (χ2n) is 4.71. The zero-order valence-corrected chi connectivity index (χ0v) is 13.2. The second-order valence-corrected chi connectivity index (χ2v) is 5.09. The maximum Gasteiger partial charge on any atom is 0.165 e. The number of halogens is 2. The molecule has 2 rings (SSSR count). The Labute approximate surface area is 128 Å². The van der Waals surface area contributed by atoms with Crippen molar-refractivity contribution in [2.75, 3.05) is 7.05 Å². The highest BCUT2D eigenvalue weighted by Gasteiger charge is 2.15. The van der Waals surface area contributed by atoms with Crippen LogP contribution in [0.2, 0.25) is 5.02 Å². The van der Waals surface area contributed by atoms with Gasteiger partial charge in [0.1, 0.15) is 6.61 Å². The predicted octanol–water partition coefficient (Wildman–Crippen LogP) is 3.30. The third-order valence-corrected chi connectivity index (χ3v) is 3.71. The number of rotatable bonds is 6. The van der Waals surface area contributed by atoms with Crippen molar-refractivity contribution in [3.63, 3.8) is 0 Å². The largest absolute Gasteiger partial charge is 0.484 e. The molecule has 0 bridgehead atoms. The lowest BCUT2D eigenvalue weighted by Gasteiger charge is -2.13. The highest BCUT2D eigenvalue weighted by Crippen LogP contribution is 2.26. The SMILES string of the molecule is CCn1nc(C)c(Cl)c1COc1c(F)cccc1CNC. The molecule has 114 valence electrons. The summed E-state index contributed by atoms with van der Waals surface area (Å²) >= 11 is 6.23. The summed E-state index contributed by atoms with van der Waals surface area (Å²) in [5.74, 6) is -0.123. The van der Waals surface area contributed by atoms with Crippen LogP contribution in [0.5, 0.6) is 5.75 Å². The molecule has 4 nitrogen and oxygen atoms in total. The summed E-state index contributed by atoms with van der Waals surface area (Å²) < 4.78 is 21.4. The molecule has 0 aliphatic rings. The van der Waals surface area contributed by atoms with E-state index in [4.69, 9.17) is 16.3 Å². The Bertz CT molecular complexity index is 628. The number of nitrogens with zero attached hydrogens (tertiary/aromatic N) is 2. The molecule has 0 spiro atoms. The van der Waals surface area contributed by atoms with Crippen molar-refractivity contribution in [1.29, 1.82) is 0 Å². The highest BCUT2D eigenvalue weighted by molar-refractivity contribution is 6.31. The minimum Gasteiger partial charge on any atom is -0.484 e. The molecule has 1 heterocycles. The van der Waals surface area contributed by atoms with Crippen LogP contribution in [-0.4, -0.2) is 16.8 Å². The predicted molar refractivity (Wildman–Crippen MR) is 81.1 cm³/mol. The van der Waals surface area contributed by atoms with Crippen LogP contribution in [0.25, 0.3) is 0 Å². The van der Waals surface area contributed by atoms with E-state index < -0.39 is 0 Å². The Balaban J connectivity index is 2.24. The van der Waals surface area contributed by atoms with Gasteiger partial charge in [-0.1, -0.05) is 23.7 Å². The average Bonchev–Trinajstić information content (AvgIpc) is 2.74. The van der Waals surface area contributed by atoms with Crippen LogP contribution in [0.1, 0.15) is 23.9 Å².